The third-order valence-corrected chi connectivity index (χ3v) is 1.38. The van der Waals surface area contributed by atoms with Crippen LogP contribution >= 0.6 is 0 Å². The Morgan fingerprint density at radius 3 is 1.80 bits per heavy atom. The number of nitrogens with two attached hydrogens (primary N) is 1. The summed E-state index contributed by atoms with van der Waals surface area (Å²) in [5, 5.41) is 0. The maximum absolute atomic E-state index is 12.1. The van der Waals surface area contributed by atoms with Crippen LogP contribution in [-0.4, -0.2) is 37.8 Å². The lowest BCUT2D eigenvalue weighted by molar-refractivity contribution is -0.246. The molecule has 1 unspecified atom stereocenters. The maximum atomic E-state index is 12.1. The summed E-state index contributed by atoms with van der Waals surface area (Å²) in [6.07, 6.45) is -11.7. The van der Waals surface area contributed by atoms with Gasteiger partial charge in [0.05, 0.1) is 0 Å². The van der Waals surface area contributed by atoms with Crippen molar-refractivity contribution in [1.82, 2.24) is 0 Å². The summed E-state index contributed by atoms with van der Waals surface area (Å²) in [5.74, 6) is -4.61. The van der Waals surface area contributed by atoms with Crippen LogP contribution in [0.5, 0.6) is 0 Å². The van der Waals surface area contributed by atoms with Crippen molar-refractivity contribution in [2.24, 2.45) is 5.73 Å². The maximum Gasteiger partial charge on any atom is 0.415 e. The van der Waals surface area contributed by atoms with Gasteiger partial charge in [0, 0.05) is 6.54 Å². The molecule has 0 bridgehead atoms. The lowest BCUT2D eigenvalue weighted by Gasteiger charge is -2.22. The molecule has 2 nitrogen and oxygen atoms in total. The Morgan fingerprint density at radius 2 is 1.53 bits per heavy atom. The van der Waals surface area contributed by atoms with E-state index in [-0.39, 0.29) is 0 Å². The van der Waals surface area contributed by atoms with Crippen LogP contribution in [0.3, 0.4) is 0 Å². The summed E-state index contributed by atoms with van der Waals surface area (Å²) < 4.78 is 86.5. The molecule has 1 atom stereocenters. The van der Waals surface area contributed by atoms with Gasteiger partial charge in [-0.25, -0.2) is 8.78 Å². The number of ether oxygens (including phenoxy) is 1. The van der Waals surface area contributed by atoms with E-state index < -0.39 is 37.8 Å². The van der Waals surface area contributed by atoms with Crippen LogP contribution in [0.15, 0.2) is 0 Å². The smallest absolute Gasteiger partial charge is 0.361 e. The molecule has 92 valence electrons. The Kier molecular flexibility index (Phi) is 4.78. The first kappa shape index (κ1) is 14.4. The van der Waals surface area contributed by atoms with Crippen LogP contribution in [0.2, 0.25) is 0 Å². The van der Waals surface area contributed by atoms with Gasteiger partial charge in [-0.15, -0.1) is 0 Å². The van der Waals surface area contributed by atoms with Crippen LogP contribution in [0.1, 0.15) is 0 Å². The molecule has 0 aromatic rings. The van der Waals surface area contributed by atoms with Gasteiger partial charge in [0.15, 0.2) is 6.10 Å². The first-order valence-electron chi connectivity index (χ1n) is 3.65. The van der Waals surface area contributed by atoms with Crippen molar-refractivity contribution in [3.05, 3.63) is 0 Å². The van der Waals surface area contributed by atoms with Crippen LogP contribution in [0.4, 0.5) is 30.7 Å². The SMILES string of the molecule is NCC(OCC(F)(F)C(F)F)C(F)(F)F. The van der Waals surface area contributed by atoms with Crippen molar-refractivity contribution >= 4 is 0 Å². The third-order valence-electron chi connectivity index (χ3n) is 1.38. The summed E-state index contributed by atoms with van der Waals surface area (Å²) in [6, 6.07) is 0. The van der Waals surface area contributed by atoms with Crippen molar-refractivity contribution in [2.45, 2.75) is 24.6 Å². The predicted octanol–water partition coefficient (Wildman–Crippen LogP) is 1.79. The van der Waals surface area contributed by atoms with E-state index in [0.29, 0.717) is 0 Å². The normalized spacial score (nSPS) is 15.8. The van der Waals surface area contributed by atoms with E-state index in [4.69, 9.17) is 0 Å². The molecule has 0 aliphatic heterocycles. The molecule has 0 radical (unpaired) electrons. The van der Waals surface area contributed by atoms with Crippen molar-refractivity contribution in [1.29, 1.82) is 0 Å². The highest BCUT2D eigenvalue weighted by atomic mass is 19.4. The fourth-order valence-corrected chi connectivity index (χ4v) is 0.571. The van der Waals surface area contributed by atoms with Gasteiger partial charge >= 0.3 is 18.5 Å². The Labute approximate surface area is 80.2 Å². The minimum absolute atomic E-state index is 1.11. The van der Waals surface area contributed by atoms with Gasteiger partial charge in [-0.3, -0.25) is 0 Å². The summed E-state index contributed by atoms with van der Waals surface area (Å²) in [4.78, 5) is 0. The molecule has 0 aromatic carbocycles. The summed E-state index contributed by atoms with van der Waals surface area (Å²) in [5.41, 5.74) is 4.59. The van der Waals surface area contributed by atoms with Crippen molar-refractivity contribution in [3.8, 4) is 0 Å². The Bertz CT molecular complexity index is 192. The lowest BCUT2D eigenvalue weighted by Crippen LogP contribution is -2.43. The third kappa shape index (κ3) is 4.65. The first-order chi connectivity index (χ1) is 6.61. The average molecular weight is 243 g/mol. The number of hydrogen-bond acceptors (Lipinski definition) is 2. The van der Waals surface area contributed by atoms with Crippen LogP contribution < -0.4 is 5.73 Å². The second-order valence-corrected chi connectivity index (χ2v) is 2.64. The molecule has 0 spiro atoms. The van der Waals surface area contributed by atoms with E-state index in [1.165, 1.54) is 0 Å². The van der Waals surface area contributed by atoms with Crippen molar-refractivity contribution in [3.63, 3.8) is 0 Å². The first-order valence-corrected chi connectivity index (χ1v) is 3.65. The molecule has 9 heteroatoms. The molecule has 0 aliphatic carbocycles. The van der Waals surface area contributed by atoms with E-state index in [9.17, 15) is 30.7 Å². The van der Waals surface area contributed by atoms with E-state index in [0.717, 1.165) is 0 Å². The number of rotatable bonds is 5. The molecule has 0 saturated carbocycles. The van der Waals surface area contributed by atoms with Gasteiger partial charge in [0.1, 0.15) is 6.61 Å². The summed E-state index contributed by atoms with van der Waals surface area (Å²) >= 11 is 0. The fraction of sp³-hybridized carbons (Fsp3) is 1.00. The molecule has 0 fully saturated rings. The Hall–Kier alpha value is -0.570. The van der Waals surface area contributed by atoms with Gasteiger partial charge in [-0.2, -0.15) is 22.0 Å². The number of hydrogen-bond donors (Lipinski definition) is 1. The molecule has 0 aromatic heterocycles. The average Bonchev–Trinajstić information content (AvgIpc) is 2.02. The van der Waals surface area contributed by atoms with E-state index >= 15 is 0 Å². The second-order valence-electron chi connectivity index (χ2n) is 2.64. The zero-order chi connectivity index (χ0) is 12.3. The van der Waals surface area contributed by atoms with Crippen LogP contribution in [0.25, 0.3) is 0 Å². The number of alkyl halides is 7. The largest absolute Gasteiger partial charge is 0.415 e. The van der Waals surface area contributed by atoms with E-state index in [1.807, 2.05) is 0 Å². The Balaban J connectivity index is 4.24. The summed E-state index contributed by atoms with van der Waals surface area (Å²) in [7, 11) is 0. The summed E-state index contributed by atoms with van der Waals surface area (Å²) in [6.45, 7) is -3.13. The van der Waals surface area contributed by atoms with Gasteiger partial charge in [0.25, 0.3) is 0 Å². The van der Waals surface area contributed by atoms with Crippen LogP contribution in [0, 0.1) is 0 Å². The van der Waals surface area contributed by atoms with Crippen molar-refractivity contribution in [2.75, 3.05) is 13.2 Å². The Morgan fingerprint density at radius 1 is 1.07 bits per heavy atom. The van der Waals surface area contributed by atoms with Gasteiger partial charge < -0.3 is 10.5 Å². The predicted molar refractivity (Wildman–Crippen MR) is 35.8 cm³/mol. The molecule has 0 saturated heterocycles. The quantitative estimate of drug-likeness (QED) is 0.747. The minimum atomic E-state index is -4.95. The van der Waals surface area contributed by atoms with Gasteiger partial charge in [0.2, 0.25) is 0 Å². The number of halogens is 7. The topological polar surface area (TPSA) is 35.2 Å². The molecule has 0 aliphatic rings. The van der Waals surface area contributed by atoms with E-state index in [1.54, 1.807) is 0 Å². The monoisotopic (exact) mass is 243 g/mol. The fourth-order valence-electron chi connectivity index (χ4n) is 0.571. The highest BCUT2D eigenvalue weighted by Crippen LogP contribution is 2.27. The molecule has 0 heterocycles. The van der Waals surface area contributed by atoms with Crippen molar-refractivity contribution < 1.29 is 35.5 Å². The minimum Gasteiger partial charge on any atom is -0.361 e. The molecular weight excluding hydrogens is 235 g/mol. The second kappa shape index (κ2) is 4.97. The molecule has 15 heavy (non-hydrogen) atoms. The highest BCUT2D eigenvalue weighted by Gasteiger charge is 2.46. The molecular formula is C6H8F7NO. The van der Waals surface area contributed by atoms with Crippen LogP contribution in [-0.2, 0) is 4.74 Å². The zero-order valence-corrected chi connectivity index (χ0v) is 7.20. The van der Waals surface area contributed by atoms with Gasteiger partial charge in [-0.05, 0) is 0 Å². The highest BCUT2D eigenvalue weighted by molar-refractivity contribution is 4.73. The zero-order valence-electron chi connectivity index (χ0n) is 7.20. The molecule has 0 rings (SSSR count). The van der Waals surface area contributed by atoms with E-state index in [2.05, 4.69) is 10.5 Å². The molecule has 2 N–H and O–H groups in total. The standard InChI is InChI=1S/C6H8F7NO/c7-4(8)5(9,10)2-15-3(1-14)6(11,12)13/h3-4H,1-2,14H2. The van der Waals surface area contributed by atoms with Gasteiger partial charge in [-0.1, -0.05) is 0 Å². The molecule has 0 amide bonds. The lowest BCUT2D eigenvalue weighted by atomic mass is 10.3.